The summed E-state index contributed by atoms with van der Waals surface area (Å²) in [5, 5.41) is 8.50. The molecule has 2 aromatic heterocycles. The van der Waals surface area contributed by atoms with E-state index >= 15 is 0 Å². The molecular formula is C28H31ClN8O2. The molecule has 2 aliphatic heterocycles. The maximum absolute atomic E-state index is 6.57. The number of aromatic nitrogens is 4. The number of nitrogens with one attached hydrogen (secondary N) is 1. The number of halogens is 1. The average Bonchev–Trinajstić information content (AvgIpc) is 3.28. The summed E-state index contributed by atoms with van der Waals surface area (Å²) in [4.78, 5) is 13.5. The summed E-state index contributed by atoms with van der Waals surface area (Å²) in [5.74, 6) is 1.46. The molecule has 2 aliphatic rings. The van der Waals surface area contributed by atoms with Crippen LogP contribution in [0.1, 0.15) is 5.56 Å². The number of hydrogen-bond donors (Lipinski definition) is 2. The van der Waals surface area contributed by atoms with Crippen molar-refractivity contribution in [3.8, 4) is 22.8 Å². The third-order valence-electron chi connectivity index (χ3n) is 7.07. The lowest BCUT2D eigenvalue weighted by Gasteiger charge is -2.56. The quantitative estimate of drug-likeness (QED) is 0.314. The van der Waals surface area contributed by atoms with Crippen molar-refractivity contribution < 1.29 is 9.47 Å². The maximum atomic E-state index is 6.57. The zero-order chi connectivity index (χ0) is 27.1. The first-order valence-electron chi connectivity index (χ1n) is 12.7. The first-order valence-corrected chi connectivity index (χ1v) is 13.1. The second-order valence-corrected chi connectivity index (χ2v) is 10.9. The zero-order valence-corrected chi connectivity index (χ0v) is 22.9. The van der Waals surface area contributed by atoms with Crippen molar-refractivity contribution in [2.24, 2.45) is 5.41 Å². The monoisotopic (exact) mass is 546 g/mol. The lowest BCUT2D eigenvalue weighted by molar-refractivity contribution is -0.126. The van der Waals surface area contributed by atoms with Crippen LogP contribution in [0.3, 0.4) is 0 Å². The topological polar surface area (TPSA) is 107 Å². The molecule has 2 fully saturated rings. The highest BCUT2D eigenvalue weighted by Crippen LogP contribution is 2.44. The first kappa shape index (κ1) is 25.4. The lowest BCUT2D eigenvalue weighted by Crippen LogP contribution is -2.66. The summed E-state index contributed by atoms with van der Waals surface area (Å²) in [6.45, 7) is 4.21. The largest absolute Gasteiger partial charge is 0.494 e. The van der Waals surface area contributed by atoms with Gasteiger partial charge in [0.25, 0.3) is 0 Å². The predicted molar refractivity (Wildman–Crippen MR) is 153 cm³/mol. The van der Waals surface area contributed by atoms with E-state index in [9.17, 15) is 0 Å². The molecule has 4 aromatic rings. The van der Waals surface area contributed by atoms with Gasteiger partial charge < -0.3 is 30.3 Å². The van der Waals surface area contributed by atoms with E-state index in [4.69, 9.17) is 36.9 Å². The Labute approximate surface area is 232 Å². The summed E-state index contributed by atoms with van der Waals surface area (Å²) < 4.78 is 12.8. The van der Waals surface area contributed by atoms with Crippen LogP contribution < -0.4 is 20.7 Å². The van der Waals surface area contributed by atoms with Crippen molar-refractivity contribution in [3.63, 3.8) is 0 Å². The molecule has 0 unspecified atom stereocenters. The van der Waals surface area contributed by atoms with E-state index in [1.807, 2.05) is 62.8 Å². The van der Waals surface area contributed by atoms with Gasteiger partial charge in [-0.15, -0.1) is 0 Å². The van der Waals surface area contributed by atoms with Gasteiger partial charge in [0, 0.05) is 43.0 Å². The molecule has 0 radical (unpaired) electrons. The van der Waals surface area contributed by atoms with Crippen molar-refractivity contribution >= 4 is 34.6 Å². The Bertz CT molecular complexity index is 1500. The molecule has 202 valence electrons. The number of rotatable bonds is 8. The molecule has 0 amide bonds. The number of nitrogens with zero attached hydrogens (tertiary/aromatic N) is 6. The molecule has 6 rings (SSSR count). The van der Waals surface area contributed by atoms with Gasteiger partial charge in [0.2, 0.25) is 5.95 Å². The van der Waals surface area contributed by atoms with E-state index in [-0.39, 0.29) is 5.41 Å². The van der Waals surface area contributed by atoms with Gasteiger partial charge in [-0.25, -0.2) is 9.67 Å². The van der Waals surface area contributed by atoms with Crippen molar-refractivity contribution in [3.05, 3.63) is 65.4 Å². The molecule has 1 spiro atoms. The zero-order valence-electron chi connectivity index (χ0n) is 22.2. The molecule has 0 saturated carbocycles. The molecule has 11 heteroatoms. The molecule has 4 heterocycles. The standard InChI is InChI=1S/C28H31ClN8O2/c1-35(2)12-19-13-37(34-25(19)18-7-5-4-6-8-18)26-20(29)11-31-27(33-26)32-22-9-21(30)23(10-24(22)38-3)36-14-28(15-36)16-39-17-28/h4-11,13H,12,14-17,30H2,1-3H3,(H,31,32,33). The third kappa shape index (κ3) is 4.87. The highest BCUT2D eigenvalue weighted by molar-refractivity contribution is 6.32. The van der Waals surface area contributed by atoms with E-state index in [1.165, 1.54) is 0 Å². The number of nitrogen functional groups attached to an aromatic ring is 1. The highest BCUT2D eigenvalue weighted by Gasteiger charge is 2.49. The second kappa shape index (κ2) is 10.0. The molecule has 39 heavy (non-hydrogen) atoms. The second-order valence-electron chi connectivity index (χ2n) is 10.5. The fourth-order valence-electron chi connectivity index (χ4n) is 5.15. The highest BCUT2D eigenvalue weighted by atomic mass is 35.5. The normalized spacial score (nSPS) is 15.8. The van der Waals surface area contributed by atoms with Gasteiger partial charge in [0.15, 0.2) is 5.82 Å². The number of anilines is 4. The molecule has 2 saturated heterocycles. The summed E-state index contributed by atoms with van der Waals surface area (Å²) in [7, 11) is 5.68. The fraction of sp³-hybridized carbons (Fsp3) is 0.321. The Kier molecular flexibility index (Phi) is 6.54. The minimum atomic E-state index is 0.281. The molecule has 2 aromatic carbocycles. The Hall–Kier alpha value is -3.86. The van der Waals surface area contributed by atoms with E-state index in [0.29, 0.717) is 40.5 Å². The van der Waals surface area contributed by atoms with Crippen LogP contribution in [0.25, 0.3) is 17.1 Å². The summed E-state index contributed by atoms with van der Waals surface area (Å²) in [5.41, 5.74) is 12.0. The van der Waals surface area contributed by atoms with Gasteiger partial charge in [0.1, 0.15) is 10.8 Å². The maximum Gasteiger partial charge on any atom is 0.229 e. The van der Waals surface area contributed by atoms with Crippen molar-refractivity contribution in [1.29, 1.82) is 0 Å². The summed E-state index contributed by atoms with van der Waals surface area (Å²) in [6, 6.07) is 13.9. The van der Waals surface area contributed by atoms with E-state index in [0.717, 1.165) is 48.8 Å². The van der Waals surface area contributed by atoms with Crippen LogP contribution in [0.15, 0.2) is 54.9 Å². The van der Waals surface area contributed by atoms with E-state index in [2.05, 4.69) is 20.1 Å². The van der Waals surface area contributed by atoms with Crippen LogP contribution >= 0.6 is 11.6 Å². The SMILES string of the molecule is COc1cc(N2CC3(COC3)C2)c(N)cc1Nc1ncc(Cl)c(-n2cc(CN(C)C)c(-c3ccccc3)n2)n1. The molecule has 0 aliphatic carbocycles. The van der Waals surface area contributed by atoms with E-state index in [1.54, 1.807) is 18.0 Å². The van der Waals surface area contributed by atoms with Gasteiger partial charge in [-0.2, -0.15) is 10.1 Å². The average molecular weight is 547 g/mol. The Morgan fingerprint density at radius 1 is 1.18 bits per heavy atom. The van der Waals surface area contributed by atoms with Crippen LogP contribution in [0, 0.1) is 5.41 Å². The smallest absolute Gasteiger partial charge is 0.229 e. The van der Waals surface area contributed by atoms with Gasteiger partial charge >= 0.3 is 0 Å². The third-order valence-corrected chi connectivity index (χ3v) is 7.34. The van der Waals surface area contributed by atoms with Crippen LogP contribution in [0.4, 0.5) is 23.0 Å². The van der Waals surface area contributed by atoms with Crippen LogP contribution in [-0.2, 0) is 11.3 Å². The Balaban J connectivity index is 1.30. The van der Waals surface area contributed by atoms with Gasteiger partial charge in [0.05, 0.1) is 54.7 Å². The number of hydrogen-bond acceptors (Lipinski definition) is 9. The van der Waals surface area contributed by atoms with Crippen LogP contribution in [0.2, 0.25) is 5.02 Å². The minimum Gasteiger partial charge on any atom is -0.494 e. The summed E-state index contributed by atoms with van der Waals surface area (Å²) in [6.07, 6.45) is 3.52. The lowest BCUT2D eigenvalue weighted by atomic mass is 9.77. The fourth-order valence-corrected chi connectivity index (χ4v) is 5.32. The van der Waals surface area contributed by atoms with Gasteiger partial charge in [-0.3, -0.25) is 0 Å². The van der Waals surface area contributed by atoms with Crippen molar-refractivity contribution in [1.82, 2.24) is 24.6 Å². The number of ether oxygens (including phenoxy) is 2. The number of benzene rings is 2. The number of nitrogens with two attached hydrogens (primary N) is 1. The van der Waals surface area contributed by atoms with Crippen LogP contribution in [0.5, 0.6) is 5.75 Å². The molecule has 3 N–H and O–H groups in total. The Morgan fingerprint density at radius 3 is 2.62 bits per heavy atom. The molecule has 0 bridgehead atoms. The first-order chi connectivity index (χ1) is 18.8. The molecule has 10 nitrogen and oxygen atoms in total. The molecular weight excluding hydrogens is 516 g/mol. The van der Waals surface area contributed by atoms with Crippen molar-refractivity contribution in [2.75, 3.05) is 63.5 Å². The Morgan fingerprint density at radius 2 is 1.95 bits per heavy atom. The summed E-state index contributed by atoms with van der Waals surface area (Å²) >= 11 is 6.57. The minimum absolute atomic E-state index is 0.281. The van der Waals surface area contributed by atoms with Crippen LogP contribution in [-0.4, -0.2) is 72.2 Å². The van der Waals surface area contributed by atoms with Crippen molar-refractivity contribution in [2.45, 2.75) is 6.54 Å². The number of methoxy groups -OCH3 is 1. The predicted octanol–water partition coefficient (Wildman–Crippen LogP) is 4.22. The van der Waals surface area contributed by atoms with Gasteiger partial charge in [-0.1, -0.05) is 41.9 Å². The van der Waals surface area contributed by atoms with Gasteiger partial charge in [-0.05, 0) is 20.2 Å². The molecule has 0 atom stereocenters. The van der Waals surface area contributed by atoms with E-state index < -0.39 is 0 Å².